The van der Waals surface area contributed by atoms with Gasteiger partial charge in [-0.25, -0.2) is 13.1 Å². The molecule has 0 unspecified atom stereocenters. The Morgan fingerprint density at radius 3 is 2.39 bits per heavy atom. The Morgan fingerprint density at radius 1 is 1.04 bits per heavy atom. The van der Waals surface area contributed by atoms with Crippen molar-refractivity contribution in [1.82, 2.24) is 4.72 Å². The summed E-state index contributed by atoms with van der Waals surface area (Å²) >= 11 is 0. The van der Waals surface area contributed by atoms with Gasteiger partial charge < -0.3 is 4.74 Å². The zero-order valence-corrected chi connectivity index (χ0v) is 12.8. The minimum absolute atomic E-state index is 0.0581. The van der Waals surface area contributed by atoms with Crippen molar-refractivity contribution in [2.45, 2.75) is 13.2 Å². The molecule has 2 rings (SSSR count). The van der Waals surface area contributed by atoms with Crippen molar-refractivity contribution in [3.8, 4) is 5.75 Å². The molecule has 2 aromatic rings. The van der Waals surface area contributed by atoms with Crippen molar-refractivity contribution in [3.05, 3.63) is 71.1 Å². The van der Waals surface area contributed by atoms with Crippen LogP contribution in [0.1, 0.15) is 11.1 Å². The van der Waals surface area contributed by atoms with Crippen LogP contribution in [0.2, 0.25) is 0 Å². The molecule has 0 aromatic heterocycles. The number of ether oxygens (including phenoxy) is 1. The summed E-state index contributed by atoms with van der Waals surface area (Å²) in [6, 6.07) is 14.9. The highest BCUT2D eigenvalue weighted by Crippen LogP contribution is 2.20. The van der Waals surface area contributed by atoms with E-state index in [0.717, 1.165) is 11.0 Å². The molecule has 1 N–H and O–H groups in total. The van der Waals surface area contributed by atoms with Crippen LogP contribution in [0.25, 0.3) is 6.08 Å². The van der Waals surface area contributed by atoms with E-state index < -0.39 is 16.6 Å². The number of hydrogen-bond acceptors (Lipinski definition) is 3. The standard InChI is InChI=1S/C16H15F2NO3S/c17-16(18)22-15-9-5-4-8-14(15)12-19-23(20,21)11-10-13-6-2-1-3-7-13/h1-11,16,19H,12H2/b11-10+. The van der Waals surface area contributed by atoms with Crippen molar-refractivity contribution in [3.63, 3.8) is 0 Å². The topological polar surface area (TPSA) is 55.4 Å². The molecule has 0 aliphatic carbocycles. The molecule has 0 fully saturated rings. The van der Waals surface area contributed by atoms with Crippen LogP contribution in [0.4, 0.5) is 8.78 Å². The molecule has 0 aliphatic heterocycles. The average molecular weight is 339 g/mol. The van der Waals surface area contributed by atoms with Crippen molar-refractivity contribution in [2.24, 2.45) is 0 Å². The van der Waals surface area contributed by atoms with Gasteiger partial charge in [-0.2, -0.15) is 8.78 Å². The predicted octanol–water partition coefficient (Wildman–Crippen LogP) is 3.38. The van der Waals surface area contributed by atoms with E-state index in [1.54, 1.807) is 30.3 Å². The second-order valence-corrected chi connectivity index (χ2v) is 6.22. The van der Waals surface area contributed by atoms with E-state index in [-0.39, 0.29) is 12.3 Å². The summed E-state index contributed by atoms with van der Waals surface area (Å²) in [4.78, 5) is 0. The Morgan fingerprint density at radius 2 is 1.70 bits per heavy atom. The fraction of sp³-hybridized carbons (Fsp3) is 0.125. The third kappa shape index (κ3) is 5.80. The molecule has 0 amide bonds. The largest absolute Gasteiger partial charge is 0.434 e. The molecule has 0 radical (unpaired) electrons. The van der Waals surface area contributed by atoms with Crippen LogP contribution < -0.4 is 9.46 Å². The Balaban J connectivity index is 2.04. The summed E-state index contributed by atoms with van der Waals surface area (Å²) < 4.78 is 55.1. The van der Waals surface area contributed by atoms with Gasteiger partial charge in [0.1, 0.15) is 5.75 Å². The van der Waals surface area contributed by atoms with Gasteiger partial charge in [-0.15, -0.1) is 0 Å². The van der Waals surface area contributed by atoms with E-state index in [9.17, 15) is 17.2 Å². The second kappa shape index (κ2) is 7.85. The van der Waals surface area contributed by atoms with Crippen molar-refractivity contribution >= 4 is 16.1 Å². The van der Waals surface area contributed by atoms with E-state index in [2.05, 4.69) is 9.46 Å². The monoisotopic (exact) mass is 339 g/mol. The zero-order valence-electron chi connectivity index (χ0n) is 12.0. The number of nitrogens with one attached hydrogen (secondary N) is 1. The number of hydrogen-bond donors (Lipinski definition) is 1. The first kappa shape index (κ1) is 17.1. The van der Waals surface area contributed by atoms with Gasteiger partial charge in [0.15, 0.2) is 0 Å². The third-order valence-corrected chi connectivity index (χ3v) is 3.93. The first-order chi connectivity index (χ1) is 11.0. The maximum Gasteiger partial charge on any atom is 0.387 e. The number of halogens is 2. The number of sulfonamides is 1. The molecule has 0 spiro atoms. The predicted molar refractivity (Wildman–Crippen MR) is 84.3 cm³/mol. The molecular weight excluding hydrogens is 324 g/mol. The van der Waals surface area contributed by atoms with Gasteiger partial charge >= 0.3 is 6.61 Å². The van der Waals surface area contributed by atoms with Gasteiger partial charge in [-0.1, -0.05) is 48.5 Å². The lowest BCUT2D eigenvalue weighted by atomic mass is 10.2. The Labute approximate surface area is 133 Å². The van der Waals surface area contributed by atoms with Gasteiger partial charge in [0.05, 0.1) is 0 Å². The summed E-state index contributed by atoms with van der Waals surface area (Å²) in [6.07, 6.45) is 1.45. The van der Waals surface area contributed by atoms with Gasteiger partial charge in [0.25, 0.3) is 0 Å². The molecule has 0 heterocycles. The molecule has 0 aliphatic rings. The highest BCUT2D eigenvalue weighted by molar-refractivity contribution is 7.92. The average Bonchev–Trinajstić information content (AvgIpc) is 2.53. The molecule has 7 heteroatoms. The molecular formula is C16H15F2NO3S. The van der Waals surface area contributed by atoms with Crippen LogP contribution in [-0.4, -0.2) is 15.0 Å². The van der Waals surface area contributed by atoms with Crippen LogP contribution in [0.5, 0.6) is 5.75 Å². The lowest BCUT2D eigenvalue weighted by molar-refractivity contribution is -0.0504. The fourth-order valence-electron chi connectivity index (χ4n) is 1.82. The SMILES string of the molecule is O=S(=O)(/C=C/c1ccccc1)NCc1ccccc1OC(F)F. The van der Waals surface area contributed by atoms with Crippen molar-refractivity contribution in [2.75, 3.05) is 0 Å². The minimum Gasteiger partial charge on any atom is -0.434 e. The Kier molecular flexibility index (Phi) is 5.84. The Bertz CT molecular complexity index is 762. The van der Waals surface area contributed by atoms with E-state index >= 15 is 0 Å². The fourth-order valence-corrected chi connectivity index (χ4v) is 2.61. The van der Waals surface area contributed by atoms with E-state index in [1.807, 2.05) is 6.07 Å². The molecule has 0 saturated heterocycles. The number of rotatable bonds is 7. The maximum absolute atomic E-state index is 12.3. The van der Waals surface area contributed by atoms with Crippen LogP contribution in [0.3, 0.4) is 0 Å². The van der Waals surface area contributed by atoms with Crippen LogP contribution in [-0.2, 0) is 16.6 Å². The lowest BCUT2D eigenvalue weighted by Crippen LogP contribution is -2.21. The van der Waals surface area contributed by atoms with Gasteiger partial charge in [0.2, 0.25) is 10.0 Å². The molecule has 0 bridgehead atoms. The Hall–Kier alpha value is -2.25. The van der Waals surface area contributed by atoms with Crippen LogP contribution in [0, 0.1) is 0 Å². The highest BCUT2D eigenvalue weighted by Gasteiger charge is 2.11. The summed E-state index contributed by atoms with van der Waals surface area (Å²) in [6.45, 7) is -3.12. The van der Waals surface area contributed by atoms with E-state index in [4.69, 9.17) is 0 Å². The third-order valence-electron chi connectivity index (χ3n) is 2.89. The van der Waals surface area contributed by atoms with Crippen LogP contribution >= 0.6 is 0 Å². The van der Waals surface area contributed by atoms with Crippen molar-refractivity contribution in [1.29, 1.82) is 0 Å². The lowest BCUT2D eigenvalue weighted by Gasteiger charge is -2.10. The van der Waals surface area contributed by atoms with Crippen molar-refractivity contribution < 1.29 is 21.9 Å². The number of benzene rings is 2. The molecule has 122 valence electrons. The summed E-state index contributed by atoms with van der Waals surface area (Å²) in [5.74, 6) is -0.0581. The van der Waals surface area contributed by atoms with Gasteiger partial charge in [-0.05, 0) is 17.7 Å². The first-order valence-electron chi connectivity index (χ1n) is 6.72. The minimum atomic E-state index is -3.70. The molecule has 23 heavy (non-hydrogen) atoms. The van der Waals surface area contributed by atoms with Crippen LogP contribution in [0.15, 0.2) is 60.0 Å². The smallest absolute Gasteiger partial charge is 0.387 e. The highest BCUT2D eigenvalue weighted by atomic mass is 32.2. The summed E-state index contributed by atoms with van der Waals surface area (Å²) in [5.41, 5.74) is 1.06. The quantitative estimate of drug-likeness (QED) is 0.841. The van der Waals surface area contributed by atoms with Gasteiger partial charge in [0, 0.05) is 17.5 Å². The van der Waals surface area contributed by atoms with Gasteiger partial charge in [-0.3, -0.25) is 0 Å². The molecule has 4 nitrogen and oxygen atoms in total. The normalized spacial score (nSPS) is 12.0. The molecule has 0 saturated carbocycles. The van der Waals surface area contributed by atoms with E-state index in [0.29, 0.717) is 5.56 Å². The molecule has 0 atom stereocenters. The summed E-state index contributed by atoms with van der Waals surface area (Å²) in [5, 5.41) is 1.03. The zero-order chi connectivity index (χ0) is 16.7. The number of alkyl halides is 2. The van der Waals surface area contributed by atoms with E-state index in [1.165, 1.54) is 24.3 Å². The number of para-hydroxylation sites is 1. The molecule has 2 aromatic carbocycles. The maximum atomic E-state index is 12.3. The summed E-state index contributed by atoms with van der Waals surface area (Å²) in [7, 11) is -3.70. The second-order valence-electron chi connectivity index (χ2n) is 4.57. The first-order valence-corrected chi connectivity index (χ1v) is 8.26.